The highest BCUT2D eigenvalue weighted by Gasteiger charge is 2.08. The highest BCUT2D eigenvalue weighted by molar-refractivity contribution is 7.22. The number of nitrogens with zero attached hydrogens (tertiary/aromatic N) is 1. The summed E-state index contributed by atoms with van der Waals surface area (Å²) in [6.07, 6.45) is 2.14. The van der Waals surface area contributed by atoms with E-state index in [4.69, 9.17) is 10.5 Å². The van der Waals surface area contributed by atoms with Crippen LogP contribution in [-0.2, 0) is 4.74 Å². The van der Waals surface area contributed by atoms with E-state index in [0.29, 0.717) is 23.8 Å². The van der Waals surface area contributed by atoms with E-state index >= 15 is 0 Å². The third-order valence-electron chi connectivity index (χ3n) is 2.51. The van der Waals surface area contributed by atoms with E-state index in [1.54, 1.807) is 18.2 Å². The molecule has 0 unspecified atom stereocenters. The molecule has 1 amide bonds. The minimum atomic E-state index is -0.104. The minimum absolute atomic E-state index is 0.104. The molecular weight excluding hydrogens is 262 g/mol. The van der Waals surface area contributed by atoms with E-state index in [-0.39, 0.29) is 5.91 Å². The van der Waals surface area contributed by atoms with Gasteiger partial charge in [0.2, 0.25) is 0 Å². The second-order valence-electron chi connectivity index (χ2n) is 3.88. The van der Waals surface area contributed by atoms with Crippen molar-refractivity contribution in [1.29, 1.82) is 0 Å². The first kappa shape index (κ1) is 13.4. The Morgan fingerprint density at radius 1 is 1.58 bits per heavy atom. The summed E-state index contributed by atoms with van der Waals surface area (Å²) < 4.78 is 5.89. The first-order chi connectivity index (χ1) is 9.20. The van der Waals surface area contributed by atoms with E-state index in [2.05, 4.69) is 16.9 Å². The van der Waals surface area contributed by atoms with Gasteiger partial charge in [-0.2, -0.15) is 0 Å². The van der Waals surface area contributed by atoms with Crippen LogP contribution in [0.3, 0.4) is 0 Å². The SMILES string of the molecule is C=COCCCNC(=O)c1ccc2nc(N)sc2c1. The van der Waals surface area contributed by atoms with Crippen LogP contribution in [0.1, 0.15) is 16.8 Å². The molecule has 0 saturated heterocycles. The number of carbonyl (C=O) groups excluding carboxylic acids is 1. The number of nitrogens with one attached hydrogen (secondary N) is 1. The normalized spacial score (nSPS) is 10.3. The Morgan fingerprint density at radius 3 is 3.21 bits per heavy atom. The lowest BCUT2D eigenvalue weighted by atomic mass is 10.2. The molecule has 1 aromatic heterocycles. The topological polar surface area (TPSA) is 77.2 Å². The first-order valence-electron chi connectivity index (χ1n) is 5.87. The van der Waals surface area contributed by atoms with Gasteiger partial charge in [-0.3, -0.25) is 4.79 Å². The Bertz CT molecular complexity index is 595. The summed E-state index contributed by atoms with van der Waals surface area (Å²) in [5.41, 5.74) is 7.06. The molecule has 0 spiro atoms. The average Bonchev–Trinajstić information content (AvgIpc) is 2.77. The zero-order valence-electron chi connectivity index (χ0n) is 10.4. The molecule has 0 radical (unpaired) electrons. The molecule has 0 saturated carbocycles. The minimum Gasteiger partial charge on any atom is -0.502 e. The van der Waals surface area contributed by atoms with Crippen molar-refractivity contribution >= 4 is 32.6 Å². The molecule has 1 heterocycles. The van der Waals surface area contributed by atoms with Gasteiger partial charge in [-0.15, -0.1) is 0 Å². The van der Waals surface area contributed by atoms with Gasteiger partial charge < -0.3 is 15.8 Å². The van der Waals surface area contributed by atoms with Gasteiger partial charge in [0.1, 0.15) is 0 Å². The number of carbonyl (C=O) groups is 1. The fourth-order valence-electron chi connectivity index (χ4n) is 1.63. The van der Waals surface area contributed by atoms with Crippen molar-refractivity contribution in [2.45, 2.75) is 6.42 Å². The van der Waals surface area contributed by atoms with Crippen molar-refractivity contribution < 1.29 is 9.53 Å². The van der Waals surface area contributed by atoms with Gasteiger partial charge in [0.15, 0.2) is 5.13 Å². The molecule has 100 valence electrons. The summed E-state index contributed by atoms with van der Waals surface area (Å²) in [7, 11) is 0. The van der Waals surface area contributed by atoms with E-state index in [1.807, 2.05) is 0 Å². The van der Waals surface area contributed by atoms with Gasteiger partial charge in [-0.25, -0.2) is 4.98 Å². The third kappa shape index (κ3) is 3.45. The van der Waals surface area contributed by atoms with Crippen LogP contribution in [0, 0.1) is 0 Å². The number of nitrogens with two attached hydrogens (primary N) is 1. The predicted octanol–water partition coefficient (Wildman–Crippen LogP) is 2.16. The summed E-state index contributed by atoms with van der Waals surface area (Å²) >= 11 is 1.37. The lowest BCUT2D eigenvalue weighted by Crippen LogP contribution is -2.25. The van der Waals surface area contributed by atoms with Crippen LogP contribution >= 0.6 is 11.3 Å². The van der Waals surface area contributed by atoms with Crippen LogP contribution < -0.4 is 11.1 Å². The first-order valence-corrected chi connectivity index (χ1v) is 6.69. The molecule has 0 bridgehead atoms. The smallest absolute Gasteiger partial charge is 0.251 e. The second kappa shape index (κ2) is 6.19. The summed E-state index contributed by atoms with van der Waals surface area (Å²) in [4.78, 5) is 16.1. The van der Waals surface area contributed by atoms with Crippen LogP contribution in [-0.4, -0.2) is 24.0 Å². The number of thiazole rings is 1. The van der Waals surface area contributed by atoms with Gasteiger partial charge in [-0.1, -0.05) is 17.9 Å². The van der Waals surface area contributed by atoms with Crippen molar-refractivity contribution in [2.24, 2.45) is 0 Å². The molecule has 2 aromatic rings. The highest BCUT2D eigenvalue weighted by Crippen LogP contribution is 2.24. The quantitative estimate of drug-likeness (QED) is 0.626. The molecule has 0 aliphatic carbocycles. The fourth-order valence-corrected chi connectivity index (χ4v) is 2.40. The number of ether oxygens (including phenoxy) is 1. The Kier molecular flexibility index (Phi) is 4.35. The van der Waals surface area contributed by atoms with E-state index < -0.39 is 0 Å². The van der Waals surface area contributed by atoms with Crippen molar-refractivity contribution in [2.75, 3.05) is 18.9 Å². The molecule has 19 heavy (non-hydrogen) atoms. The van der Waals surface area contributed by atoms with Gasteiger partial charge in [0, 0.05) is 12.1 Å². The summed E-state index contributed by atoms with van der Waals surface area (Å²) in [5.74, 6) is -0.104. The number of nitrogen functional groups attached to an aromatic ring is 1. The van der Waals surface area contributed by atoms with E-state index in [1.165, 1.54) is 17.6 Å². The predicted molar refractivity (Wildman–Crippen MR) is 77.1 cm³/mol. The van der Waals surface area contributed by atoms with Crippen LogP contribution in [0.25, 0.3) is 10.2 Å². The lowest BCUT2D eigenvalue weighted by molar-refractivity contribution is 0.0950. The van der Waals surface area contributed by atoms with Crippen molar-refractivity contribution in [3.05, 3.63) is 36.6 Å². The Hall–Kier alpha value is -2.08. The maximum absolute atomic E-state index is 11.9. The fraction of sp³-hybridized carbons (Fsp3) is 0.231. The molecule has 3 N–H and O–H groups in total. The third-order valence-corrected chi connectivity index (χ3v) is 3.36. The van der Waals surface area contributed by atoms with Gasteiger partial charge in [-0.05, 0) is 24.6 Å². The van der Waals surface area contributed by atoms with Crippen molar-refractivity contribution in [3.8, 4) is 0 Å². The highest BCUT2D eigenvalue weighted by atomic mass is 32.1. The maximum Gasteiger partial charge on any atom is 0.251 e. The van der Waals surface area contributed by atoms with Crippen LogP contribution in [0.4, 0.5) is 5.13 Å². The molecule has 0 fully saturated rings. The molecule has 1 aromatic carbocycles. The Balaban J connectivity index is 1.95. The standard InChI is InChI=1S/C13H15N3O2S/c1-2-18-7-3-6-15-12(17)9-4-5-10-11(8-9)19-13(14)16-10/h2,4-5,8H,1,3,6-7H2,(H2,14,16)(H,15,17). The number of hydrogen-bond donors (Lipinski definition) is 2. The number of anilines is 1. The molecular formula is C13H15N3O2S. The molecule has 0 aliphatic heterocycles. The van der Waals surface area contributed by atoms with Crippen LogP contribution in [0.2, 0.25) is 0 Å². The lowest BCUT2D eigenvalue weighted by Gasteiger charge is -2.05. The van der Waals surface area contributed by atoms with Crippen molar-refractivity contribution in [3.63, 3.8) is 0 Å². The molecule has 5 nitrogen and oxygen atoms in total. The van der Waals surface area contributed by atoms with Crippen LogP contribution in [0.15, 0.2) is 31.0 Å². The maximum atomic E-state index is 11.9. The Morgan fingerprint density at radius 2 is 2.42 bits per heavy atom. The summed E-state index contributed by atoms with van der Waals surface area (Å²) in [6.45, 7) is 4.56. The number of rotatable bonds is 6. The molecule has 6 heteroatoms. The molecule has 0 atom stereocenters. The van der Waals surface area contributed by atoms with Gasteiger partial charge >= 0.3 is 0 Å². The number of aromatic nitrogens is 1. The van der Waals surface area contributed by atoms with Crippen LogP contribution in [0.5, 0.6) is 0 Å². The summed E-state index contributed by atoms with van der Waals surface area (Å²) in [6, 6.07) is 5.36. The van der Waals surface area contributed by atoms with E-state index in [0.717, 1.165) is 16.6 Å². The Labute approximate surface area is 115 Å². The largest absolute Gasteiger partial charge is 0.502 e. The number of benzene rings is 1. The van der Waals surface area contributed by atoms with Crippen molar-refractivity contribution in [1.82, 2.24) is 10.3 Å². The number of hydrogen-bond acceptors (Lipinski definition) is 5. The molecule has 0 aliphatic rings. The zero-order chi connectivity index (χ0) is 13.7. The summed E-state index contributed by atoms with van der Waals surface area (Å²) in [5, 5.41) is 3.34. The van der Waals surface area contributed by atoms with Gasteiger partial charge in [0.25, 0.3) is 5.91 Å². The number of amides is 1. The number of fused-ring (bicyclic) bond motifs is 1. The second-order valence-corrected chi connectivity index (χ2v) is 4.94. The monoisotopic (exact) mass is 277 g/mol. The van der Waals surface area contributed by atoms with Gasteiger partial charge in [0.05, 0.1) is 23.1 Å². The average molecular weight is 277 g/mol. The van der Waals surface area contributed by atoms with E-state index in [9.17, 15) is 4.79 Å². The zero-order valence-corrected chi connectivity index (χ0v) is 11.2. The molecule has 2 rings (SSSR count).